The third kappa shape index (κ3) is 1.10. The molecule has 12 heavy (non-hydrogen) atoms. The van der Waals surface area contributed by atoms with Crippen LogP contribution in [0, 0.1) is 0 Å². The van der Waals surface area contributed by atoms with Crippen LogP contribution < -0.4 is 5.73 Å². The van der Waals surface area contributed by atoms with Gasteiger partial charge in [-0.05, 0) is 31.9 Å². The van der Waals surface area contributed by atoms with Crippen molar-refractivity contribution in [2.24, 2.45) is 5.73 Å². The van der Waals surface area contributed by atoms with Gasteiger partial charge in [-0.1, -0.05) is 0 Å². The second-order valence-electron chi connectivity index (χ2n) is 3.68. The Morgan fingerprint density at radius 2 is 2.17 bits per heavy atom. The third-order valence-electron chi connectivity index (χ3n) is 2.12. The van der Waals surface area contributed by atoms with Crippen molar-refractivity contribution in [3.8, 4) is 0 Å². The average Bonchev–Trinajstić information content (AvgIpc) is 2.61. The SMILES string of the molecule is CC(C)n1nnc(C2(N)CC2)n1. The van der Waals surface area contributed by atoms with Crippen LogP contribution in [0.15, 0.2) is 0 Å². The molecule has 0 amide bonds. The average molecular weight is 167 g/mol. The summed E-state index contributed by atoms with van der Waals surface area (Å²) in [6.07, 6.45) is 1.97. The molecule has 0 aromatic carbocycles. The molecule has 0 atom stereocenters. The standard InChI is InChI=1S/C7H13N5/c1-5(2)12-10-6(9-11-12)7(8)3-4-7/h5H,3-4,8H2,1-2H3. The Morgan fingerprint density at radius 3 is 2.58 bits per heavy atom. The van der Waals surface area contributed by atoms with Crippen molar-refractivity contribution in [2.75, 3.05) is 0 Å². The molecule has 1 saturated carbocycles. The molecule has 1 aliphatic rings. The molecule has 0 aliphatic heterocycles. The van der Waals surface area contributed by atoms with Gasteiger partial charge in [0.2, 0.25) is 0 Å². The summed E-state index contributed by atoms with van der Waals surface area (Å²) in [5.74, 6) is 0.691. The largest absolute Gasteiger partial charge is 0.319 e. The van der Waals surface area contributed by atoms with E-state index in [2.05, 4.69) is 15.4 Å². The Morgan fingerprint density at radius 1 is 1.50 bits per heavy atom. The predicted octanol–water partition coefficient (Wildman–Crippen LogP) is 0.202. The summed E-state index contributed by atoms with van der Waals surface area (Å²) >= 11 is 0. The first-order valence-electron chi connectivity index (χ1n) is 4.21. The predicted molar refractivity (Wildman–Crippen MR) is 43.3 cm³/mol. The number of nitrogens with zero attached hydrogens (tertiary/aromatic N) is 4. The summed E-state index contributed by atoms with van der Waals surface area (Å²) in [6, 6.07) is 0.258. The lowest BCUT2D eigenvalue weighted by Gasteiger charge is -2.01. The van der Waals surface area contributed by atoms with E-state index in [9.17, 15) is 0 Å². The maximum absolute atomic E-state index is 5.90. The molecule has 1 heterocycles. The number of aromatic nitrogens is 4. The normalized spacial score (nSPS) is 20.0. The summed E-state index contributed by atoms with van der Waals surface area (Å²) in [6.45, 7) is 4.03. The lowest BCUT2D eigenvalue weighted by Crippen LogP contribution is -2.21. The van der Waals surface area contributed by atoms with Crippen molar-refractivity contribution in [2.45, 2.75) is 38.3 Å². The van der Waals surface area contributed by atoms with E-state index in [0.717, 1.165) is 12.8 Å². The minimum Gasteiger partial charge on any atom is -0.319 e. The van der Waals surface area contributed by atoms with Crippen molar-refractivity contribution < 1.29 is 0 Å². The fraction of sp³-hybridized carbons (Fsp3) is 0.857. The second kappa shape index (κ2) is 2.26. The van der Waals surface area contributed by atoms with Crippen LogP contribution in [0.5, 0.6) is 0 Å². The monoisotopic (exact) mass is 167 g/mol. The summed E-state index contributed by atoms with van der Waals surface area (Å²) in [7, 11) is 0. The van der Waals surface area contributed by atoms with E-state index in [1.807, 2.05) is 13.8 Å². The van der Waals surface area contributed by atoms with Crippen molar-refractivity contribution in [3.63, 3.8) is 0 Å². The van der Waals surface area contributed by atoms with Gasteiger partial charge in [0.25, 0.3) is 0 Å². The summed E-state index contributed by atoms with van der Waals surface area (Å²) < 4.78 is 0. The maximum atomic E-state index is 5.90. The summed E-state index contributed by atoms with van der Waals surface area (Å²) in [5.41, 5.74) is 5.65. The Hall–Kier alpha value is -0.970. The van der Waals surface area contributed by atoms with Crippen LogP contribution in [0.1, 0.15) is 38.6 Å². The number of hydrogen-bond acceptors (Lipinski definition) is 4. The molecule has 1 fully saturated rings. The van der Waals surface area contributed by atoms with Crippen molar-refractivity contribution in [1.29, 1.82) is 0 Å². The molecule has 1 aliphatic carbocycles. The highest BCUT2D eigenvalue weighted by Crippen LogP contribution is 2.40. The van der Waals surface area contributed by atoms with Gasteiger partial charge < -0.3 is 5.73 Å². The molecule has 0 saturated heterocycles. The molecular formula is C7H13N5. The first-order chi connectivity index (χ1) is 5.62. The third-order valence-corrected chi connectivity index (χ3v) is 2.12. The van der Waals surface area contributed by atoms with Crippen LogP contribution in [0.2, 0.25) is 0 Å². The minimum absolute atomic E-state index is 0.257. The minimum atomic E-state index is -0.257. The highest BCUT2D eigenvalue weighted by molar-refractivity contribution is 5.11. The smallest absolute Gasteiger partial charge is 0.194 e. The number of nitrogens with two attached hydrogens (primary N) is 1. The molecule has 66 valence electrons. The first-order valence-corrected chi connectivity index (χ1v) is 4.21. The fourth-order valence-electron chi connectivity index (χ4n) is 1.00. The van der Waals surface area contributed by atoms with Crippen LogP contribution in [0.25, 0.3) is 0 Å². The lowest BCUT2D eigenvalue weighted by molar-refractivity contribution is 0.451. The van der Waals surface area contributed by atoms with Crippen molar-refractivity contribution in [3.05, 3.63) is 5.82 Å². The van der Waals surface area contributed by atoms with Gasteiger partial charge in [0.05, 0.1) is 11.6 Å². The highest BCUT2D eigenvalue weighted by Gasteiger charge is 2.44. The Labute approximate surface area is 70.9 Å². The molecule has 0 unspecified atom stereocenters. The zero-order valence-corrected chi connectivity index (χ0v) is 7.36. The van der Waals surface area contributed by atoms with Crippen molar-refractivity contribution >= 4 is 0 Å². The van der Waals surface area contributed by atoms with Gasteiger partial charge in [-0.15, -0.1) is 10.2 Å². The van der Waals surface area contributed by atoms with Gasteiger partial charge in [0.15, 0.2) is 5.82 Å². The number of hydrogen-bond donors (Lipinski definition) is 1. The summed E-state index contributed by atoms with van der Waals surface area (Å²) in [5, 5.41) is 12.1. The molecule has 5 nitrogen and oxygen atoms in total. The Balaban J connectivity index is 2.25. The quantitative estimate of drug-likeness (QED) is 0.683. The van der Waals surface area contributed by atoms with Gasteiger partial charge in [0.1, 0.15) is 0 Å². The van der Waals surface area contributed by atoms with Crippen LogP contribution in [0.4, 0.5) is 0 Å². The fourth-order valence-corrected chi connectivity index (χ4v) is 1.00. The van der Waals surface area contributed by atoms with E-state index < -0.39 is 0 Å². The molecule has 2 rings (SSSR count). The Kier molecular flexibility index (Phi) is 1.44. The molecule has 0 radical (unpaired) electrons. The van der Waals surface area contributed by atoms with Gasteiger partial charge >= 0.3 is 0 Å². The van der Waals surface area contributed by atoms with Gasteiger partial charge in [-0.25, -0.2) is 0 Å². The van der Waals surface area contributed by atoms with E-state index in [-0.39, 0.29) is 11.6 Å². The molecule has 1 aromatic rings. The molecule has 1 aromatic heterocycles. The number of tetrazole rings is 1. The molecule has 2 N–H and O–H groups in total. The van der Waals surface area contributed by atoms with E-state index in [0.29, 0.717) is 5.82 Å². The van der Waals surface area contributed by atoms with Crippen LogP contribution >= 0.6 is 0 Å². The van der Waals surface area contributed by atoms with Crippen LogP contribution in [0.3, 0.4) is 0 Å². The van der Waals surface area contributed by atoms with E-state index >= 15 is 0 Å². The van der Waals surface area contributed by atoms with Gasteiger partial charge in [-0.3, -0.25) is 0 Å². The van der Waals surface area contributed by atoms with Gasteiger partial charge in [-0.2, -0.15) is 4.80 Å². The van der Waals surface area contributed by atoms with E-state index in [1.165, 1.54) is 0 Å². The molecule has 5 heteroatoms. The maximum Gasteiger partial charge on any atom is 0.194 e. The first kappa shape index (κ1) is 7.67. The molecule has 0 spiro atoms. The van der Waals surface area contributed by atoms with Crippen molar-refractivity contribution in [1.82, 2.24) is 20.2 Å². The zero-order valence-electron chi connectivity index (χ0n) is 7.36. The Bertz CT molecular complexity index is 286. The van der Waals surface area contributed by atoms with Crippen LogP contribution in [-0.4, -0.2) is 20.2 Å². The van der Waals surface area contributed by atoms with E-state index in [4.69, 9.17) is 5.73 Å². The lowest BCUT2D eigenvalue weighted by atomic mass is 10.3. The van der Waals surface area contributed by atoms with Crippen LogP contribution in [-0.2, 0) is 5.54 Å². The number of rotatable bonds is 2. The highest BCUT2D eigenvalue weighted by atomic mass is 15.6. The topological polar surface area (TPSA) is 69.6 Å². The molecular weight excluding hydrogens is 154 g/mol. The molecule has 0 bridgehead atoms. The van der Waals surface area contributed by atoms with E-state index in [1.54, 1.807) is 4.80 Å². The zero-order chi connectivity index (χ0) is 8.77. The second-order valence-corrected chi connectivity index (χ2v) is 3.68. The summed E-state index contributed by atoms with van der Waals surface area (Å²) in [4.78, 5) is 1.60. The van der Waals surface area contributed by atoms with Gasteiger partial charge in [0, 0.05) is 0 Å².